The topological polar surface area (TPSA) is 136 Å². The molecular formula is C41H61ClFN5O5. The van der Waals surface area contributed by atoms with Crippen LogP contribution in [0, 0.1) is 17.2 Å². The maximum absolute atomic E-state index is 15.1. The van der Waals surface area contributed by atoms with Crippen LogP contribution in [0.5, 0.6) is 11.5 Å². The zero-order valence-corrected chi connectivity index (χ0v) is 34.1. The molecule has 2 amide bonds. The Morgan fingerprint density at radius 1 is 1.06 bits per heavy atom. The molecule has 0 spiro atoms. The Balaban J connectivity index is 0.00000115. The standard InChI is InChI=1S/C31H34ClFN4O5.C4H9N.3C2H6/c1-34-28(38)17-37-11-3-4-19(16-37)18-42-27-15-25-23(14-26(27)41-2)20(7-10-35-25)12-21-5-6-22(13-24(21)33)36-30(40)31(8-9-31)29(32)39;1-3-4(2)5;3*1-2/h5-7,10,13-15,19H,3-4,8-9,11-12,16-18H2,1-2H3,(H,34,38)(H,36,40);3H,5H2,1-2H3;3*1-2H3/b;4-3+;;;. The van der Waals surface area contributed by atoms with Crippen LogP contribution < -0.4 is 25.8 Å². The van der Waals surface area contributed by atoms with Crippen molar-refractivity contribution in [2.24, 2.45) is 17.1 Å². The van der Waals surface area contributed by atoms with E-state index in [0.29, 0.717) is 48.6 Å². The molecule has 4 N–H and O–H groups in total. The number of nitrogens with zero attached hydrogens (tertiary/aromatic N) is 2. The van der Waals surface area contributed by atoms with E-state index in [-0.39, 0.29) is 23.9 Å². The van der Waals surface area contributed by atoms with E-state index in [0.717, 1.165) is 42.6 Å². The molecule has 1 aliphatic carbocycles. The molecule has 1 atom stereocenters. The summed E-state index contributed by atoms with van der Waals surface area (Å²) in [6.45, 7) is 18.3. The predicted molar refractivity (Wildman–Crippen MR) is 215 cm³/mol. The van der Waals surface area contributed by atoms with Crippen LogP contribution in [0.3, 0.4) is 0 Å². The number of hydrogen-bond donors (Lipinski definition) is 3. The smallest absolute Gasteiger partial charge is 0.239 e. The second kappa shape index (κ2) is 24.2. The number of likely N-dealkylation sites (tertiary alicyclic amines) is 1. The van der Waals surface area contributed by atoms with Gasteiger partial charge in [-0.05, 0) is 93.1 Å². The Kier molecular flexibility index (Phi) is 21.3. The van der Waals surface area contributed by atoms with Gasteiger partial charge in [-0.25, -0.2) is 4.39 Å². The summed E-state index contributed by atoms with van der Waals surface area (Å²) < 4.78 is 27.0. The van der Waals surface area contributed by atoms with Crippen molar-refractivity contribution >= 4 is 45.2 Å². The van der Waals surface area contributed by atoms with Gasteiger partial charge in [-0.2, -0.15) is 0 Å². The average molecular weight is 758 g/mol. The lowest BCUT2D eigenvalue weighted by Crippen LogP contribution is -2.43. The number of amides is 2. The summed E-state index contributed by atoms with van der Waals surface area (Å²) in [5, 5.41) is 5.41. The van der Waals surface area contributed by atoms with E-state index in [1.807, 2.05) is 79.7 Å². The van der Waals surface area contributed by atoms with Gasteiger partial charge < -0.3 is 25.8 Å². The summed E-state index contributed by atoms with van der Waals surface area (Å²) in [5.41, 5.74) is 7.08. The third-order valence-corrected chi connectivity index (χ3v) is 8.91. The first-order valence-corrected chi connectivity index (χ1v) is 19.1. The number of piperidine rings is 1. The minimum absolute atomic E-state index is 0.00341. The number of allylic oxidation sites excluding steroid dienone is 2. The number of methoxy groups -OCH3 is 1. The molecule has 5 rings (SSSR count). The largest absolute Gasteiger partial charge is 0.493 e. The summed E-state index contributed by atoms with van der Waals surface area (Å²) in [7, 11) is 3.22. The lowest BCUT2D eigenvalue weighted by atomic mass is 9.98. The van der Waals surface area contributed by atoms with Crippen LogP contribution in [-0.2, 0) is 20.8 Å². The van der Waals surface area contributed by atoms with Crippen molar-refractivity contribution in [2.75, 3.05) is 45.7 Å². The first-order chi connectivity index (χ1) is 25.5. The van der Waals surface area contributed by atoms with Crippen molar-refractivity contribution in [3.8, 4) is 11.5 Å². The van der Waals surface area contributed by atoms with Gasteiger partial charge in [-0.1, -0.05) is 53.7 Å². The highest BCUT2D eigenvalue weighted by Crippen LogP contribution is 2.48. The zero-order valence-electron chi connectivity index (χ0n) is 33.3. The number of aromatic nitrogens is 1. The summed E-state index contributed by atoms with van der Waals surface area (Å²) in [5.74, 6) is 0.423. The SMILES string of the molecule is C/C=C(\C)N.CC.CC.CC.CNC(=O)CN1CCCC(COc2cc3nccc(Cc4ccc(NC(=O)C5(C(=O)Cl)CC5)cc4F)c3cc2OC)C1. The van der Waals surface area contributed by atoms with Crippen LogP contribution >= 0.6 is 11.6 Å². The van der Waals surface area contributed by atoms with E-state index >= 15 is 4.39 Å². The molecule has 294 valence electrons. The summed E-state index contributed by atoms with van der Waals surface area (Å²) in [4.78, 5) is 42.5. The second-order valence-electron chi connectivity index (χ2n) is 12.0. The summed E-state index contributed by atoms with van der Waals surface area (Å²) in [6, 6.07) is 10.0. The monoisotopic (exact) mass is 757 g/mol. The minimum atomic E-state index is -1.20. The number of nitrogens with one attached hydrogen (secondary N) is 2. The van der Waals surface area contributed by atoms with Gasteiger partial charge in [-0.3, -0.25) is 24.3 Å². The van der Waals surface area contributed by atoms with E-state index in [9.17, 15) is 14.4 Å². The normalized spacial score (nSPS) is 15.6. The highest BCUT2D eigenvalue weighted by Gasteiger charge is 2.55. The van der Waals surface area contributed by atoms with Gasteiger partial charge in [-0.15, -0.1) is 0 Å². The molecule has 53 heavy (non-hydrogen) atoms. The van der Waals surface area contributed by atoms with Crippen LogP contribution in [0.25, 0.3) is 10.9 Å². The Bertz CT molecular complexity index is 1640. The summed E-state index contributed by atoms with van der Waals surface area (Å²) in [6.07, 6.45) is 6.63. The number of ether oxygens (including phenoxy) is 2. The van der Waals surface area contributed by atoms with Crippen molar-refractivity contribution in [3.05, 3.63) is 71.3 Å². The van der Waals surface area contributed by atoms with Crippen LogP contribution in [0.15, 0.2) is 54.4 Å². The Morgan fingerprint density at radius 3 is 2.26 bits per heavy atom. The molecule has 1 aromatic heterocycles. The van der Waals surface area contributed by atoms with Crippen LogP contribution in [0.1, 0.15) is 92.2 Å². The third kappa shape index (κ3) is 13.9. The number of halogens is 2. The number of carbonyl (C=O) groups excluding carboxylic acids is 3. The predicted octanol–water partition coefficient (Wildman–Crippen LogP) is 8.24. The van der Waals surface area contributed by atoms with Gasteiger partial charge in [0.2, 0.25) is 17.1 Å². The number of benzene rings is 2. The fourth-order valence-electron chi connectivity index (χ4n) is 5.42. The fraction of sp³-hybridized carbons (Fsp3) is 0.512. The molecule has 12 heteroatoms. The molecule has 10 nitrogen and oxygen atoms in total. The number of anilines is 1. The first kappa shape index (κ1) is 46.8. The molecule has 0 radical (unpaired) electrons. The Hall–Kier alpha value is -4.22. The minimum Gasteiger partial charge on any atom is -0.493 e. The van der Waals surface area contributed by atoms with Crippen molar-refractivity contribution < 1.29 is 28.2 Å². The number of pyridine rings is 1. The second-order valence-corrected chi connectivity index (χ2v) is 12.4. The van der Waals surface area contributed by atoms with Gasteiger partial charge in [0, 0.05) is 55.0 Å². The Labute approximate surface area is 321 Å². The van der Waals surface area contributed by atoms with E-state index in [4.69, 9.17) is 26.8 Å². The molecule has 1 unspecified atom stereocenters. The number of fused-ring (bicyclic) bond motifs is 1. The van der Waals surface area contributed by atoms with Gasteiger partial charge >= 0.3 is 0 Å². The molecule has 2 aromatic carbocycles. The molecule has 3 aromatic rings. The highest BCUT2D eigenvalue weighted by molar-refractivity contribution is 6.67. The van der Waals surface area contributed by atoms with Crippen molar-refractivity contribution in [3.63, 3.8) is 0 Å². The zero-order chi connectivity index (χ0) is 40.1. The quantitative estimate of drug-likeness (QED) is 0.132. The molecular weight excluding hydrogens is 697 g/mol. The van der Waals surface area contributed by atoms with E-state index in [2.05, 4.69) is 20.5 Å². The Morgan fingerprint density at radius 2 is 1.72 bits per heavy atom. The molecule has 0 bridgehead atoms. The van der Waals surface area contributed by atoms with Crippen molar-refractivity contribution in [1.29, 1.82) is 0 Å². The molecule has 2 aliphatic rings. The van der Waals surface area contributed by atoms with E-state index in [1.165, 1.54) is 6.07 Å². The van der Waals surface area contributed by atoms with E-state index < -0.39 is 22.4 Å². The van der Waals surface area contributed by atoms with Gasteiger partial charge in [0.25, 0.3) is 0 Å². The average Bonchev–Trinajstić information content (AvgIpc) is 4.00. The first-order valence-electron chi connectivity index (χ1n) is 18.7. The fourth-order valence-corrected chi connectivity index (χ4v) is 5.69. The lowest BCUT2D eigenvalue weighted by molar-refractivity contribution is -0.128. The van der Waals surface area contributed by atoms with Crippen LogP contribution in [0.2, 0.25) is 0 Å². The van der Waals surface area contributed by atoms with Gasteiger partial charge in [0.1, 0.15) is 11.2 Å². The molecule has 2 heterocycles. The number of hydrogen-bond acceptors (Lipinski definition) is 8. The van der Waals surface area contributed by atoms with Crippen LogP contribution in [-0.4, -0.2) is 67.3 Å². The number of rotatable bonds is 11. The summed E-state index contributed by atoms with van der Waals surface area (Å²) >= 11 is 5.59. The van der Waals surface area contributed by atoms with Crippen LogP contribution in [0.4, 0.5) is 10.1 Å². The maximum atomic E-state index is 15.1. The maximum Gasteiger partial charge on any atom is 0.239 e. The van der Waals surface area contributed by atoms with Gasteiger partial charge in [0.05, 0.1) is 25.8 Å². The third-order valence-electron chi connectivity index (χ3n) is 8.55. The lowest BCUT2D eigenvalue weighted by Gasteiger charge is -2.32. The van der Waals surface area contributed by atoms with E-state index in [1.54, 1.807) is 32.5 Å². The molecule has 1 aliphatic heterocycles. The number of nitrogens with two attached hydrogens (primary N) is 1. The van der Waals surface area contributed by atoms with Gasteiger partial charge in [0.15, 0.2) is 11.5 Å². The number of carbonyl (C=O) groups is 3. The van der Waals surface area contributed by atoms with Crippen molar-refractivity contribution in [1.82, 2.24) is 15.2 Å². The van der Waals surface area contributed by atoms with Crippen molar-refractivity contribution in [2.45, 2.75) is 87.5 Å². The molecule has 1 saturated carbocycles. The molecule has 1 saturated heterocycles. The number of likely N-dealkylation sites (N-methyl/N-ethyl adjacent to an activating group) is 1. The highest BCUT2D eigenvalue weighted by atomic mass is 35.5. The molecule has 2 fully saturated rings.